The van der Waals surface area contributed by atoms with Crippen LogP contribution in [0.1, 0.15) is 32.6 Å². The second-order valence-electron chi connectivity index (χ2n) is 3.29. The molecule has 0 aromatic carbocycles. The summed E-state index contributed by atoms with van der Waals surface area (Å²) in [7, 11) is 0. The number of halogens is 1. The quantitative estimate of drug-likeness (QED) is 0.374. The molecular weight excluding hydrogens is 172 g/mol. The average molecular weight is 189 g/mol. The van der Waals surface area contributed by atoms with Gasteiger partial charge in [-0.15, -0.1) is 11.6 Å². The fraction of sp³-hybridized carbons (Fsp3) is 0.800. The molecule has 0 bridgehead atoms. The zero-order valence-corrected chi connectivity index (χ0v) is 8.44. The lowest BCUT2D eigenvalue weighted by molar-refractivity contribution is 0.153. The molecule has 0 saturated carbocycles. The first-order valence-electron chi connectivity index (χ1n) is 4.74. The molecule has 1 aliphatic rings. The summed E-state index contributed by atoms with van der Waals surface area (Å²) in [4.78, 5) is 0. The van der Waals surface area contributed by atoms with Gasteiger partial charge in [0.1, 0.15) is 0 Å². The minimum absolute atomic E-state index is 0.249. The highest BCUT2D eigenvalue weighted by molar-refractivity contribution is 6.21. The van der Waals surface area contributed by atoms with Crippen LogP contribution in [0, 0.1) is 0 Å². The minimum atomic E-state index is 0.249. The molecule has 1 unspecified atom stereocenters. The van der Waals surface area contributed by atoms with Crippen LogP contribution in [0.2, 0.25) is 0 Å². The molecule has 0 aromatic heterocycles. The van der Waals surface area contributed by atoms with Gasteiger partial charge in [-0.1, -0.05) is 13.0 Å². The molecule has 0 N–H and O–H groups in total. The number of alkyl halides is 1. The van der Waals surface area contributed by atoms with Gasteiger partial charge < -0.3 is 4.74 Å². The number of rotatable bonds is 4. The van der Waals surface area contributed by atoms with Crippen molar-refractivity contribution in [2.24, 2.45) is 0 Å². The normalized spacial score (nSPS) is 23.8. The third kappa shape index (κ3) is 3.59. The molecule has 0 fully saturated rings. The van der Waals surface area contributed by atoms with Crippen LogP contribution in [0.5, 0.6) is 0 Å². The molecule has 1 nitrogen and oxygen atoms in total. The molecule has 1 rings (SSSR count). The largest absolute Gasteiger partial charge is 0.377 e. The molecule has 2 heteroatoms. The lowest BCUT2D eigenvalue weighted by atomic mass is 10.00. The topological polar surface area (TPSA) is 9.23 Å². The van der Waals surface area contributed by atoms with E-state index in [4.69, 9.17) is 16.3 Å². The Balaban J connectivity index is 2.21. The number of hydrogen-bond donors (Lipinski definition) is 0. The lowest BCUT2D eigenvalue weighted by Gasteiger charge is -2.16. The van der Waals surface area contributed by atoms with E-state index in [0.717, 1.165) is 26.1 Å². The summed E-state index contributed by atoms with van der Waals surface area (Å²) < 4.78 is 5.44. The van der Waals surface area contributed by atoms with E-state index in [-0.39, 0.29) is 5.38 Å². The highest BCUT2D eigenvalue weighted by Crippen LogP contribution is 2.21. The summed E-state index contributed by atoms with van der Waals surface area (Å²) >= 11 is 5.99. The molecule has 1 atom stereocenters. The van der Waals surface area contributed by atoms with Gasteiger partial charge in [0.15, 0.2) is 0 Å². The molecular formula is C10H17ClO. The van der Waals surface area contributed by atoms with E-state index in [1.807, 2.05) is 0 Å². The lowest BCUT2D eigenvalue weighted by Crippen LogP contribution is -2.08. The average Bonchev–Trinajstić information content (AvgIpc) is 2.05. The van der Waals surface area contributed by atoms with Crippen molar-refractivity contribution in [2.75, 3.05) is 13.2 Å². The van der Waals surface area contributed by atoms with Crippen molar-refractivity contribution < 1.29 is 4.74 Å². The molecule has 70 valence electrons. The maximum atomic E-state index is 5.99. The van der Waals surface area contributed by atoms with Gasteiger partial charge in [-0.05, 0) is 31.3 Å². The van der Waals surface area contributed by atoms with Crippen molar-refractivity contribution in [3.05, 3.63) is 11.6 Å². The van der Waals surface area contributed by atoms with E-state index >= 15 is 0 Å². The third-order valence-corrected chi connectivity index (χ3v) is 2.37. The molecule has 0 aromatic rings. The van der Waals surface area contributed by atoms with Crippen molar-refractivity contribution in [3.8, 4) is 0 Å². The Labute approximate surface area is 79.7 Å². The second-order valence-corrected chi connectivity index (χ2v) is 3.85. The zero-order chi connectivity index (χ0) is 8.81. The molecule has 0 spiro atoms. The highest BCUT2D eigenvalue weighted by Gasteiger charge is 2.10. The number of ether oxygens (including phenoxy) is 1. The van der Waals surface area contributed by atoms with Gasteiger partial charge in [0.2, 0.25) is 0 Å². The van der Waals surface area contributed by atoms with Crippen molar-refractivity contribution in [1.29, 1.82) is 0 Å². The van der Waals surface area contributed by atoms with Crippen molar-refractivity contribution in [1.82, 2.24) is 0 Å². The van der Waals surface area contributed by atoms with Crippen LogP contribution in [0.4, 0.5) is 0 Å². The van der Waals surface area contributed by atoms with E-state index in [0.29, 0.717) is 0 Å². The maximum Gasteiger partial charge on any atom is 0.0677 e. The molecule has 12 heavy (non-hydrogen) atoms. The van der Waals surface area contributed by atoms with Gasteiger partial charge >= 0.3 is 0 Å². The van der Waals surface area contributed by atoms with Crippen molar-refractivity contribution in [3.63, 3.8) is 0 Å². The number of hydrogen-bond acceptors (Lipinski definition) is 1. The van der Waals surface area contributed by atoms with Gasteiger partial charge in [0.25, 0.3) is 0 Å². The summed E-state index contributed by atoms with van der Waals surface area (Å²) in [5.74, 6) is 0. The van der Waals surface area contributed by atoms with Crippen LogP contribution in [-0.4, -0.2) is 18.6 Å². The van der Waals surface area contributed by atoms with Gasteiger partial charge in [-0.25, -0.2) is 0 Å². The molecule has 1 aliphatic carbocycles. The smallest absolute Gasteiger partial charge is 0.0677 e. The second kappa shape index (κ2) is 5.60. The Morgan fingerprint density at radius 3 is 3.17 bits per heavy atom. The van der Waals surface area contributed by atoms with Crippen molar-refractivity contribution >= 4 is 11.6 Å². The van der Waals surface area contributed by atoms with Crippen LogP contribution in [0.25, 0.3) is 0 Å². The number of allylic oxidation sites excluding steroid dienone is 1. The van der Waals surface area contributed by atoms with Crippen LogP contribution >= 0.6 is 11.6 Å². The first-order chi connectivity index (χ1) is 5.83. The van der Waals surface area contributed by atoms with Crippen molar-refractivity contribution in [2.45, 2.75) is 38.0 Å². The van der Waals surface area contributed by atoms with Gasteiger partial charge in [-0.3, -0.25) is 0 Å². The molecule has 0 heterocycles. The Bertz CT molecular complexity index is 154. The fourth-order valence-electron chi connectivity index (χ4n) is 1.41. The first kappa shape index (κ1) is 10.1. The van der Waals surface area contributed by atoms with E-state index in [1.54, 1.807) is 0 Å². The summed E-state index contributed by atoms with van der Waals surface area (Å²) in [6.45, 7) is 3.78. The Morgan fingerprint density at radius 1 is 1.67 bits per heavy atom. The molecule has 0 saturated heterocycles. The monoisotopic (exact) mass is 188 g/mol. The first-order valence-corrected chi connectivity index (χ1v) is 5.18. The summed E-state index contributed by atoms with van der Waals surface area (Å²) in [5, 5.41) is 0.249. The van der Waals surface area contributed by atoms with Crippen LogP contribution in [-0.2, 0) is 4.74 Å². The van der Waals surface area contributed by atoms with E-state index in [2.05, 4.69) is 13.0 Å². The van der Waals surface area contributed by atoms with Crippen LogP contribution in [0.3, 0.4) is 0 Å². The Morgan fingerprint density at radius 2 is 2.50 bits per heavy atom. The summed E-state index contributed by atoms with van der Waals surface area (Å²) in [5.41, 5.74) is 1.38. The summed E-state index contributed by atoms with van der Waals surface area (Å²) in [6.07, 6.45) is 6.76. The fourth-order valence-corrected chi connectivity index (χ4v) is 1.75. The van der Waals surface area contributed by atoms with E-state index in [9.17, 15) is 0 Å². The third-order valence-electron chi connectivity index (χ3n) is 2.03. The maximum absolute atomic E-state index is 5.99. The SMILES string of the molecule is CCCOCC1=CC(Cl)CCC1. The van der Waals surface area contributed by atoms with Gasteiger partial charge in [0, 0.05) is 6.61 Å². The minimum Gasteiger partial charge on any atom is -0.377 e. The van der Waals surface area contributed by atoms with Crippen LogP contribution < -0.4 is 0 Å². The van der Waals surface area contributed by atoms with E-state index in [1.165, 1.54) is 18.4 Å². The Hall–Kier alpha value is -0.0100. The van der Waals surface area contributed by atoms with Gasteiger partial charge in [0.05, 0.1) is 12.0 Å². The molecule has 0 amide bonds. The van der Waals surface area contributed by atoms with Gasteiger partial charge in [-0.2, -0.15) is 0 Å². The van der Waals surface area contributed by atoms with Crippen LogP contribution in [0.15, 0.2) is 11.6 Å². The Kier molecular flexibility index (Phi) is 4.70. The highest BCUT2D eigenvalue weighted by atomic mass is 35.5. The predicted molar refractivity (Wildman–Crippen MR) is 52.7 cm³/mol. The molecule has 0 aliphatic heterocycles. The predicted octanol–water partition coefficient (Wildman–Crippen LogP) is 3.13. The zero-order valence-electron chi connectivity index (χ0n) is 7.68. The van der Waals surface area contributed by atoms with E-state index < -0.39 is 0 Å². The molecule has 0 radical (unpaired) electrons. The summed E-state index contributed by atoms with van der Waals surface area (Å²) in [6, 6.07) is 0. The standard InChI is InChI=1S/C10H17ClO/c1-2-6-12-8-9-4-3-5-10(11)7-9/h7,10H,2-6,8H2,1H3.